The van der Waals surface area contributed by atoms with Gasteiger partial charge in [0.15, 0.2) is 18.1 Å². The third-order valence-electron chi connectivity index (χ3n) is 4.39. The van der Waals surface area contributed by atoms with Gasteiger partial charge in [0.1, 0.15) is 0 Å². The van der Waals surface area contributed by atoms with Crippen LogP contribution in [0, 0.1) is 10.1 Å². The molecule has 1 saturated heterocycles. The molecular formula is C21H18N2O8S. The molecule has 1 fully saturated rings. The molecule has 166 valence electrons. The van der Waals surface area contributed by atoms with E-state index >= 15 is 0 Å². The first-order chi connectivity index (χ1) is 15.3. The van der Waals surface area contributed by atoms with Crippen LogP contribution in [0.1, 0.15) is 11.1 Å². The third kappa shape index (κ3) is 5.24. The number of carbonyl (C=O) groups excluding carboxylic acids is 3. The van der Waals surface area contributed by atoms with Crippen molar-refractivity contribution in [2.45, 2.75) is 6.54 Å². The largest absolute Gasteiger partial charge is 0.493 e. The van der Waals surface area contributed by atoms with Crippen molar-refractivity contribution in [2.24, 2.45) is 0 Å². The van der Waals surface area contributed by atoms with Gasteiger partial charge in [-0.05, 0) is 41.1 Å². The minimum absolute atomic E-state index is 0.0761. The van der Waals surface area contributed by atoms with Crippen molar-refractivity contribution in [3.05, 3.63) is 68.6 Å². The SMILES string of the molecule is COC(=O)COc1ccc(/C=C2/SC(=O)N(Cc3cccc([N+](=O)[O-])c3)C2=O)cc1OC. The van der Waals surface area contributed by atoms with Gasteiger partial charge < -0.3 is 14.2 Å². The lowest BCUT2D eigenvalue weighted by atomic mass is 10.1. The Bertz CT molecular complexity index is 1110. The van der Waals surface area contributed by atoms with Crippen molar-refractivity contribution in [2.75, 3.05) is 20.8 Å². The second-order valence-electron chi connectivity index (χ2n) is 6.47. The van der Waals surface area contributed by atoms with Crippen LogP contribution < -0.4 is 9.47 Å². The Labute approximate surface area is 186 Å². The molecule has 0 spiro atoms. The Morgan fingerprint density at radius 2 is 1.94 bits per heavy atom. The highest BCUT2D eigenvalue weighted by atomic mass is 32.2. The predicted molar refractivity (Wildman–Crippen MR) is 115 cm³/mol. The molecule has 0 atom stereocenters. The number of methoxy groups -OCH3 is 2. The van der Waals surface area contributed by atoms with Crippen LogP contribution in [0.3, 0.4) is 0 Å². The van der Waals surface area contributed by atoms with Crippen molar-refractivity contribution < 1.29 is 33.5 Å². The van der Waals surface area contributed by atoms with Gasteiger partial charge >= 0.3 is 5.97 Å². The van der Waals surface area contributed by atoms with Gasteiger partial charge in [0.25, 0.3) is 16.8 Å². The van der Waals surface area contributed by atoms with Gasteiger partial charge in [-0.3, -0.25) is 24.6 Å². The van der Waals surface area contributed by atoms with Crippen LogP contribution in [0.25, 0.3) is 6.08 Å². The zero-order valence-electron chi connectivity index (χ0n) is 17.1. The van der Waals surface area contributed by atoms with Crippen LogP contribution in [0.15, 0.2) is 47.4 Å². The average molecular weight is 458 g/mol. The fraction of sp³-hybridized carbons (Fsp3) is 0.190. The van der Waals surface area contributed by atoms with E-state index in [2.05, 4.69) is 4.74 Å². The number of ether oxygens (including phenoxy) is 3. The van der Waals surface area contributed by atoms with E-state index in [1.54, 1.807) is 24.3 Å². The number of benzene rings is 2. The summed E-state index contributed by atoms with van der Waals surface area (Å²) in [6.07, 6.45) is 1.53. The molecular weight excluding hydrogens is 440 g/mol. The first kappa shape index (κ1) is 22.8. The molecule has 0 aliphatic carbocycles. The average Bonchev–Trinajstić information content (AvgIpc) is 3.05. The Morgan fingerprint density at radius 3 is 2.62 bits per heavy atom. The maximum atomic E-state index is 12.8. The molecule has 1 aliphatic heterocycles. The van der Waals surface area contributed by atoms with Gasteiger partial charge in [0, 0.05) is 12.1 Å². The number of rotatable bonds is 8. The van der Waals surface area contributed by atoms with E-state index < -0.39 is 22.0 Å². The maximum Gasteiger partial charge on any atom is 0.343 e. The molecule has 2 amide bonds. The number of thioether (sulfide) groups is 1. The Kier molecular flexibility index (Phi) is 7.11. The summed E-state index contributed by atoms with van der Waals surface area (Å²) >= 11 is 0.773. The van der Waals surface area contributed by atoms with Gasteiger partial charge in [-0.1, -0.05) is 18.2 Å². The summed E-state index contributed by atoms with van der Waals surface area (Å²) in [5.41, 5.74) is 0.927. The molecule has 0 aromatic heterocycles. The van der Waals surface area contributed by atoms with E-state index in [1.165, 1.54) is 38.5 Å². The Balaban J connectivity index is 1.77. The first-order valence-corrected chi connectivity index (χ1v) is 10.0. The summed E-state index contributed by atoms with van der Waals surface area (Å²) in [6, 6.07) is 10.6. The lowest BCUT2D eigenvalue weighted by Crippen LogP contribution is -2.27. The second kappa shape index (κ2) is 9.96. The highest BCUT2D eigenvalue weighted by molar-refractivity contribution is 8.18. The van der Waals surface area contributed by atoms with Crippen molar-refractivity contribution in [1.82, 2.24) is 4.90 Å². The van der Waals surface area contributed by atoms with Gasteiger partial charge in [-0.15, -0.1) is 0 Å². The lowest BCUT2D eigenvalue weighted by molar-refractivity contribution is -0.384. The van der Waals surface area contributed by atoms with Crippen LogP contribution in [0.4, 0.5) is 10.5 Å². The number of nitro benzene ring substituents is 1. The molecule has 0 N–H and O–H groups in total. The number of amides is 2. The number of carbonyl (C=O) groups is 3. The molecule has 10 nitrogen and oxygen atoms in total. The minimum atomic E-state index is -0.548. The number of esters is 1. The second-order valence-corrected chi connectivity index (χ2v) is 7.46. The van der Waals surface area contributed by atoms with E-state index in [4.69, 9.17) is 9.47 Å². The first-order valence-electron chi connectivity index (χ1n) is 9.18. The van der Waals surface area contributed by atoms with E-state index in [0.29, 0.717) is 22.6 Å². The molecule has 0 saturated carbocycles. The molecule has 2 aromatic rings. The quantitative estimate of drug-likeness (QED) is 0.253. The number of nitrogens with zero attached hydrogens (tertiary/aromatic N) is 2. The molecule has 1 aliphatic rings. The third-order valence-corrected chi connectivity index (χ3v) is 5.30. The fourth-order valence-electron chi connectivity index (χ4n) is 2.83. The Morgan fingerprint density at radius 1 is 1.16 bits per heavy atom. The van der Waals surface area contributed by atoms with E-state index in [1.807, 2.05) is 0 Å². The van der Waals surface area contributed by atoms with Crippen LogP contribution in [-0.2, 0) is 20.9 Å². The number of hydrogen-bond donors (Lipinski definition) is 0. The van der Waals surface area contributed by atoms with E-state index in [9.17, 15) is 24.5 Å². The van der Waals surface area contributed by atoms with Crippen LogP contribution in [0.2, 0.25) is 0 Å². The standard InChI is InChI=1S/C21H18N2O8S/c1-29-17-9-13(6-7-16(17)31-12-19(24)30-2)10-18-20(25)22(21(26)32-18)11-14-4-3-5-15(8-14)23(27)28/h3-10H,11-12H2,1-2H3/b18-10+. The molecule has 0 radical (unpaired) electrons. The Hall–Kier alpha value is -3.86. The zero-order chi connectivity index (χ0) is 23.3. The van der Waals surface area contributed by atoms with Crippen LogP contribution >= 0.6 is 11.8 Å². The number of hydrogen-bond acceptors (Lipinski definition) is 9. The lowest BCUT2D eigenvalue weighted by Gasteiger charge is -2.12. The van der Waals surface area contributed by atoms with Gasteiger partial charge in [-0.2, -0.15) is 0 Å². The summed E-state index contributed by atoms with van der Waals surface area (Å²) in [7, 11) is 2.68. The predicted octanol–water partition coefficient (Wildman–Crippen LogP) is 3.39. The molecule has 32 heavy (non-hydrogen) atoms. The van der Waals surface area contributed by atoms with Crippen molar-refractivity contribution in [1.29, 1.82) is 0 Å². The summed E-state index contributed by atoms with van der Waals surface area (Å²) in [6.45, 7) is -0.365. The topological polar surface area (TPSA) is 125 Å². The monoisotopic (exact) mass is 458 g/mol. The summed E-state index contributed by atoms with van der Waals surface area (Å²) in [4.78, 5) is 48.0. The molecule has 0 bridgehead atoms. The normalized spacial score (nSPS) is 14.6. The number of non-ortho nitro benzene ring substituents is 1. The van der Waals surface area contributed by atoms with Crippen LogP contribution in [0.5, 0.6) is 11.5 Å². The highest BCUT2D eigenvalue weighted by Crippen LogP contribution is 2.35. The molecule has 2 aromatic carbocycles. The number of imide groups is 1. The highest BCUT2D eigenvalue weighted by Gasteiger charge is 2.35. The van der Waals surface area contributed by atoms with E-state index in [0.717, 1.165) is 16.7 Å². The molecule has 1 heterocycles. The van der Waals surface area contributed by atoms with E-state index in [-0.39, 0.29) is 23.7 Å². The molecule has 3 rings (SSSR count). The fourth-order valence-corrected chi connectivity index (χ4v) is 3.67. The molecule has 11 heteroatoms. The summed E-state index contributed by atoms with van der Waals surface area (Å²) in [5, 5.41) is 10.5. The van der Waals surface area contributed by atoms with Crippen molar-refractivity contribution in [3.63, 3.8) is 0 Å². The summed E-state index contributed by atoms with van der Waals surface area (Å²) in [5.74, 6) is -0.405. The maximum absolute atomic E-state index is 12.8. The van der Waals surface area contributed by atoms with Gasteiger partial charge in [-0.25, -0.2) is 4.79 Å². The van der Waals surface area contributed by atoms with Crippen molar-refractivity contribution >= 4 is 40.6 Å². The van der Waals surface area contributed by atoms with Gasteiger partial charge in [0.05, 0.1) is 30.6 Å². The molecule has 0 unspecified atom stereocenters. The minimum Gasteiger partial charge on any atom is -0.493 e. The van der Waals surface area contributed by atoms with Crippen LogP contribution in [-0.4, -0.2) is 47.8 Å². The zero-order valence-corrected chi connectivity index (χ0v) is 17.9. The number of nitro groups is 1. The van der Waals surface area contributed by atoms with Crippen molar-refractivity contribution in [3.8, 4) is 11.5 Å². The van der Waals surface area contributed by atoms with Gasteiger partial charge in [0.2, 0.25) is 0 Å². The summed E-state index contributed by atoms with van der Waals surface area (Å²) < 4.78 is 15.1. The smallest absolute Gasteiger partial charge is 0.343 e.